The number of hydrogen-bond acceptors (Lipinski definition) is 3. The standard InChI is InChI=1S/C14H8Cl2F2N4/c15-12-7(5-19-14(16)21-12)13-20-10-3-8(17)9(18)4-11(10)22(13)6-1-2-6/h3-6H,1-2H2. The third kappa shape index (κ3) is 2.14. The van der Waals surface area contributed by atoms with Crippen LogP contribution in [0.25, 0.3) is 22.4 Å². The van der Waals surface area contributed by atoms with Crippen molar-refractivity contribution in [2.24, 2.45) is 0 Å². The van der Waals surface area contributed by atoms with Crippen LogP contribution < -0.4 is 0 Å². The number of imidazole rings is 1. The molecule has 0 spiro atoms. The first kappa shape index (κ1) is 13.8. The van der Waals surface area contributed by atoms with Gasteiger partial charge < -0.3 is 4.57 Å². The molecule has 22 heavy (non-hydrogen) atoms. The van der Waals surface area contributed by atoms with Crippen molar-refractivity contribution in [3.05, 3.63) is 40.4 Å². The fraction of sp³-hybridized carbons (Fsp3) is 0.214. The van der Waals surface area contributed by atoms with Crippen LogP contribution in [0.3, 0.4) is 0 Å². The van der Waals surface area contributed by atoms with E-state index in [1.807, 2.05) is 4.57 Å². The van der Waals surface area contributed by atoms with Crippen LogP contribution in [0.4, 0.5) is 8.78 Å². The van der Waals surface area contributed by atoms with Gasteiger partial charge in [0.1, 0.15) is 11.0 Å². The number of hydrogen-bond donors (Lipinski definition) is 0. The lowest BCUT2D eigenvalue weighted by Crippen LogP contribution is -1.99. The molecule has 112 valence electrons. The number of halogens is 4. The highest BCUT2D eigenvalue weighted by Gasteiger charge is 2.30. The van der Waals surface area contributed by atoms with Crippen LogP contribution in [0, 0.1) is 11.6 Å². The molecule has 1 aliphatic carbocycles. The van der Waals surface area contributed by atoms with Crippen LogP contribution in [0.1, 0.15) is 18.9 Å². The zero-order valence-electron chi connectivity index (χ0n) is 11.0. The maximum atomic E-state index is 13.6. The van der Waals surface area contributed by atoms with E-state index in [1.54, 1.807) is 0 Å². The van der Waals surface area contributed by atoms with Gasteiger partial charge in [-0.1, -0.05) is 11.6 Å². The smallest absolute Gasteiger partial charge is 0.223 e. The number of benzene rings is 1. The zero-order chi connectivity index (χ0) is 15.4. The molecule has 1 fully saturated rings. The maximum absolute atomic E-state index is 13.6. The molecule has 1 aromatic carbocycles. The first-order valence-electron chi connectivity index (χ1n) is 6.60. The fourth-order valence-corrected chi connectivity index (χ4v) is 2.86. The van der Waals surface area contributed by atoms with Gasteiger partial charge in [-0.25, -0.2) is 23.7 Å². The summed E-state index contributed by atoms with van der Waals surface area (Å²) in [6, 6.07) is 2.43. The van der Waals surface area contributed by atoms with E-state index in [2.05, 4.69) is 15.0 Å². The summed E-state index contributed by atoms with van der Waals surface area (Å²) in [4.78, 5) is 12.2. The number of aromatic nitrogens is 4. The predicted octanol–water partition coefficient (Wildman–Crippen LogP) is 4.41. The van der Waals surface area contributed by atoms with Crippen molar-refractivity contribution in [3.63, 3.8) is 0 Å². The van der Waals surface area contributed by atoms with Crippen LogP contribution in [0.2, 0.25) is 10.4 Å². The molecule has 0 aliphatic heterocycles. The third-order valence-corrected chi connectivity index (χ3v) is 4.07. The molecule has 4 nitrogen and oxygen atoms in total. The lowest BCUT2D eigenvalue weighted by atomic mass is 10.3. The van der Waals surface area contributed by atoms with E-state index in [0.717, 1.165) is 25.0 Å². The van der Waals surface area contributed by atoms with Crippen LogP contribution in [-0.4, -0.2) is 19.5 Å². The zero-order valence-corrected chi connectivity index (χ0v) is 12.5. The molecule has 0 N–H and O–H groups in total. The second-order valence-electron chi connectivity index (χ2n) is 5.14. The molecule has 0 saturated heterocycles. The SMILES string of the molecule is Fc1cc2nc(-c3cnc(Cl)nc3Cl)n(C3CC3)c2cc1F. The van der Waals surface area contributed by atoms with E-state index in [9.17, 15) is 8.78 Å². The Bertz CT molecular complexity index is 905. The van der Waals surface area contributed by atoms with Crippen molar-refractivity contribution in [2.45, 2.75) is 18.9 Å². The van der Waals surface area contributed by atoms with Gasteiger partial charge in [-0.3, -0.25) is 0 Å². The molecule has 8 heteroatoms. The Morgan fingerprint density at radius 1 is 1.09 bits per heavy atom. The highest BCUT2D eigenvalue weighted by molar-refractivity contribution is 6.33. The Morgan fingerprint density at radius 3 is 2.50 bits per heavy atom. The van der Waals surface area contributed by atoms with Crippen LogP contribution in [0.15, 0.2) is 18.3 Å². The average Bonchev–Trinajstić information content (AvgIpc) is 3.23. The van der Waals surface area contributed by atoms with Crippen molar-refractivity contribution < 1.29 is 8.78 Å². The third-order valence-electron chi connectivity index (χ3n) is 3.60. The van der Waals surface area contributed by atoms with Crippen molar-refractivity contribution in [3.8, 4) is 11.4 Å². The van der Waals surface area contributed by atoms with Crippen molar-refractivity contribution in [2.75, 3.05) is 0 Å². The van der Waals surface area contributed by atoms with Crippen LogP contribution in [-0.2, 0) is 0 Å². The molecule has 2 aromatic heterocycles. The van der Waals surface area contributed by atoms with Gasteiger partial charge in [0.25, 0.3) is 0 Å². The Morgan fingerprint density at radius 2 is 1.82 bits per heavy atom. The Kier molecular flexibility index (Phi) is 3.06. The van der Waals surface area contributed by atoms with Gasteiger partial charge in [0, 0.05) is 24.4 Å². The minimum Gasteiger partial charge on any atom is -0.321 e. The van der Waals surface area contributed by atoms with E-state index in [1.165, 1.54) is 6.20 Å². The quantitative estimate of drug-likeness (QED) is 0.512. The number of nitrogens with zero attached hydrogens (tertiary/aromatic N) is 4. The summed E-state index contributed by atoms with van der Waals surface area (Å²) in [6.45, 7) is 0. The van der Waals surface area contributed by atoms with Crippen molar-refractivity contribution in [1.29, 1.82) is 0 Å². The summed E-state index contributed by atoms with van der Waals surface area (Å²) in [5.74, 6) is -1.35. The largest absolute Gasteiger partial charge is 0.321 e. The summed E-state index contributed by atoms with van der Waals surface area (Å²) in [7, 11) is 0. The molecule has 1 saturated carbocycles. The summed E-state index contributed by atoms with van der Waals surface area (Å²) < 4.78 is 28.9. The van der Waals surface area contributed by atoms with E-state index in [4.69, 9.17) is 23.2 Å². The normalized spacial score (nSPS) is 14.7. The molecular formula is C14H8Cl2F2N4. The van der Waals surface area contributed by atoms with E-state index in [0.29, 0.717) is 22.4 Å². The van der Waals surface area contributed by atoms with Crippen molar-refractivity contribution in [1.82, 2.24) is 19.5 Å². The maximum Gasteiger partial charge on any atom is 0.223 e. The highest BCUT2D eigenvalue weighted by Crippen LogP contribution is 2.42. The highest BCUT2D eigenvalue weighted by atomic mass is 35.5. The molecule has 4 rings (SSSR count). The Labute approximate surface area is 133 Å². The van der Waals surface area contributed by atoms with Gasteiger partial charge in [0.05, 0.1) is 16.6 Å². The van der Waals surface area contributed by atoms with Crippen molar-refractivity contribution >= 4 is 34.2 Å². The summed E-state index contributed by atoms with van der Waals surface area (Å²) in [5.41, 5.74) is 1.38. The number of rotatable bonds is 2. The average molecular weight is 341 g/mol. The van der Waals surface area contributed by atoms with Gasteiger partial charge in [0.15, 0.2) is 11.6 Å². The van der Waals surface area contributed by atoms with Gasteiger partial charge in [-0.2, -0.15) is 0 Å². The topological polar surface area (TPSA) is 43.6 Å². The molecule has 2 heterocycles. The molecule has 0 atom stereocenters. The first-order chi connectivity index (χ1) is 10.5. The molecule has 0 radical (unpaired) electrons. The molecule has 0 bridgehead atoms. The molecule has 1 aliphatic rings. The van der Waals surface area contributed by atoms with Gasteiger partial charge in [0.2, 0.25) is 5.28 Å². The van der Waals surface area contributed by atoms with E-state index < -0.39 is 11.6 Å². The van der Waals surface area contributed by atoms with E-state index >= 15 is 0 Å². The second kappa shape index (κ2) is 4.86. The minimum atomic E-state index is -0.932. The van der Waals surface area contributed by atoms with Crippen LogP contribution >= 0.6 is 23.2 Å². The number of fused-ring (bicyclic) bond motifs is 1. The lowest BCUT2D eigenvalue weighted by Gasteiger charge is -2.08. The second-order valence-corrected chi connectivity index (χ2v) is 5.83. The summed E-state index contributed by atoms with van der Waals surface area (Å²) >= 11 is 11.8. The fourth-order valence-electron chi connectivity index (χ4n) is 2.47. The molecule has 0 amide bonds. The molecule has 0 unspecified atom stereocenters. The lowest BCUT2D eigenvalue weighted by molar-refractivity contribution is 0.510. The molecule has 3 aromatic rings. The predicted molar refractivity (Wildman–Crippen MR) is 79.0 cm³/mol. The Balaban J connectivity index is 2.02. The van der Waals surface area contributed by atoms with Crippen LogP contribution in [0.5, 0.6) is 0 Å². The minimum absolute atomic E-state index is 0.0277. The molecular weight excluding hydrogens is 333 g/mol. The monoisotopic (exact) mass is 340 g/mol. The van der Waals surface area contributed by atoms with Gasteiger partial charge in [-0.05, 0) is 24.4 Å². The first-order valence-corrected chi connectivity index (χ1v) is 7.35. The summed E-state index contributed by atoms with van der Waals surface area (Å²) in [6.07, 6.45) is 3.36. The summed E-state index contributed by atoms with van der Waals surface area (Å²) in [5, 5.41) is 0.179. The van der Waals surface area contributed by atoms with E-state index in [-0.39, 0.29) is 16.5 Å². The van der Waals surface area contributed by atoms with Gasteiger partial charge in [-0.15, -0.1) is 0 Å². The Hall–Kier alpha value is -1.79. The van der Waals surface area contributed by atoms with Gasteiger partial charge >= 0.3 is 0 Å².